The molecule has 0 aliphatic carbocycles. The standard InChI is InChI=1S/C18H22ClN3O/c1-4-15-17(12-5-7-14(19)8-6-12)21-18(20-15)13-9-16(23)22(10-13)11(2)3/h5-8,11,13H,4,9-10H2,1-3H3,(H,20,21). The van der Waals surface area contributed by atoms with Gasteiger partial charge in [0.2, 0.25) is 5.91 Å². The Morgan fingerprint density at radius 3 is 2.61 bits per heavy atom. The molecule has 2 aromatic rings. The molecule has 5 heteroatoms. The van der Waals surface area contributed by atoms with Crippen LogP contribution in [-0.2, 0) is 11.2 Å². The molecule has 0 bridgehead atoms. The van der Waals surface area contributed by atoms with Crippen LogP contribution in [0.5, 0.6) is 0 Å². The molecule has 23 heavy (non-hydrogen) atoms. The van der Waals surface area contributed by atoms with Crippen molar-refractivity contribution in [2.24, 2.45) is 0 Å². The number of carbonyl (C=O) groups excluding carboxylic acids is 1. The predicted molar refractivity (Wildman–Crippen MR) is 92.6 cm³/mol. The molecular formula is C18H22ClN3O. The number of H-pyrrole nitrogens is 1. The highest BCUT2D eigenvalue weighted by Crippen LogP contribution is 2.31. The third-order valence-electron chi connectivity index (χ3n) is 4.44. The molecule has 0 spiro atoms. The van der Waals surface area contributed by atoms with E-state index in [9.17, 15) is 4.79 Å². The first-order valence-electron chi connectivity index (χ1n) is 8.13. The number of halogens is 1. The van der Waals surface area contributed by atoms with Crippen LogP contribution in [-0.4, -0.2) is 33.4 Å². The summed E-state index contributed by atoms with van der Waals surface area (Å²) in [6.45, 7) is 6.96. The van der Waals surface area contributed by atoms with Crippen molar-refractivity contribution in [2.45, 2.75) is 45.6 Å². The van der Waals surface area contributed by atoms with Gasteiger partial charge in [0.05, 0.1) is 5.69 Å². The van der Waals surface area contributed by atoms with Gasteiger partial charge in [-0.15, -0.1) is 0 Å². The second-order valence-corrected chi connectivity index (χ2v) is 6.79. The number of aromatic amines is 1. The van der Waals surface area contributed by atoms with Gasteiger partial charge in [0, 0.05) is 41.2 Å². The van der Waals surface area contributed by atoms with Crippen molar-refractivity contribution < 1.29 is 4.79 Å². The number of aromatic nitrogens is 2. The molecule has 122 valence electrons. The summed E-state index contributed by atoms with van der Waals surface area (Å²) in [5.41, 5.74) is 3.13. The minimum atomic E-state index is 0.149. The zero-order chi connectivity index (χ0) is 16.6. The molecule has 0 saturated carbocycles. The van der Waals surface area contributed by atoms with Crippen molar-refractivity contribution in [2.75, 3.05) is 6.54 Å². The Hall–Kier alpha value is -1.81. The molecule has 2 heterocycles. The number of hydrogen-bond acceptors (Lipinski definition) is 2. The number of rotatable bonds is 4. The van der Waals surface area contributed by atoms with Crippen LogP contribution in [0.3, 0.4) is 0 Å². The van der Waals surface area contributed by atoms with Gasteiger partial charge in [0.25, 0.3) is 0 Å². The van der Waals surface area contributed by atoms with E-state index in [1.165, 1.54) is 0 Å². The molecule has 1 aromatic carbocycles. The van der Waals surface area contributed by atoms with E-state index in [-0.39, 0.29) is 17.9 Å². The maximum atomic E-state index is 12.1. The van der Waals surface area contributed by atoms with Crippen LogP contribution in [0.2, 0.25) is 5.02 Å². The number of carbonyl (C=O) groups is 1. The van der Waals surface area contributed by atoms with Gasteiger partial charge in [-0.1, -0.05) is 30.7 Å². The smallest absolute Gasteiger partial charge is 0.223 e. The maximum absolute atomic E-state index is 12.1. The van der Waals surface area contributed by atoms with Crippen molar-refractivity contribution >= 4 is 17.5 Å². The molecule has 1 aliphatic rings. The highest BCUT2D eigenvalue weighted by Gasteiger charge is 2.34. The fourth-order valence-corrected chi connectivity index (χ4v) is 3.27. The highest BCUT2D eigenvalue weighted by atomic mass is 35.5. The normalized spacial score (nSPS) is 18.2. The lowest BCUT2D eigenvalue weighted by Crippen LogP contribution is -2.31. The maximum Gasteiger partial charge on any atom is 0.223 e. The second kappa shape index (κ2) is 6.36. The van der Waals surface area contributed by atoms with Crippen LogP contribution in [0.15, 0.2) is 24.3 Å². The first-order valence-corrected chi connectivity index (χ1v) is 8.51. The average molecular weight is 332 g/mol. The minimum absolute atomic E-state index is 0.149. The van der Waals surface area contributed by atoms with E-state index in [1.807, 2.05) is 29.2 Å². The number of nitrogens with zero attached hydrogens (tertiary/aromatic N) is 2. The van der Waals surface area contributed by atoms with E-state index < -0.39 is 0 Å². The summed E-state index contributed by atoms with van der Waals surface area (Å²) in [4.78, 5) is 22.3. The molecule has 1 unspecified atom stereocenters. The summed E-state index contributed by atoms with van der Waals surface area (Å²) in [7, 11) is 0. The van der Waals surface area contributed by atoms with Crippen LogP contribution in [0.4, 0.5) is 0 Å². The molecule has 1 atom stereocenters. The molecule has 1 aromatic heterocycles. The van der Waals surface area contributed by atoms with Gasteiger partial charge in [-0.25, -0.2) is 4.98 Å². The van der Waals surface area contributed by atoms with Crippen molar-refractivity contribution in [3.05, 3.63) is 40.8 Å². The van der Waals surface area contributed by atoms with Gasteiger partial charge in [-0.05, 0) is 32.4 Å². The molecule has 1 amide bonds. The predicted octanol–water partition coefficient (Wildman–Crippen LogP) is 4.02. The first-order chi connectivity index (χ1) is 11.0. The lowest BCUT2D eigenvalue weighted by Gasteiger charge is -2.20. The van der Waals surface area contributed by atoms with Crippen molar-refractivity contribution in [1.29, 1.82) is 0 Å². The van der Waals surface area contributed by atoms with Gasteiger partial charge >= 0.3 is 0 Å². The number of hydrogen-bond donors (Lipinski definition) is 1. The summed E-state index contributed by atoms with van der Waals surface area (Å²) in [6, 6.07) is 7.97. The average Bonchev–Trinajstić information content (AvgIpc) is 3.11. The summed E-state index contributed by atoms with van der Waals surface area (Å²) in [6.07, 6.45) is 1.41. The molecule has 1 aliphatic heterocycles. The fraction of sp³-hybridized carbons (Fsp3) is 0.444. The van der Waals surface area contributed by atoms with E-state index in [4.69, 9.17) is 16.6 Å². The number of amides is 1. The lowest BCUT2D eigenvalue weighted by atomic mass is 10.1. The SMILES string of the molecule is CCc1[nH]c(C2CC(=O)N(C(C)C)C2)nc1-c1ccc(Cl)cc1. The molecule has 3 rings (SSSR count). The van der Waals surface area contributed by atoms with Gasteiger partial charge in [-0.3, -0.25) is 4.79 Å². The number of benzene rings is 1. The second-order valence-electron chi connectivity index (χ2n) is 6.35. The Morgan fingerprint density at radius 2 is 2.04 bits per heavy atom. The summed E-state index contributed by atoms with van der Waals surface area (Å²) < 4.78 is 0. The fourth-order valence-electron chi connectivity index (χ4n) is 3.14. The third-order valence-corrected chi connectivity index (χ3v) is 4.69. The molecule has 1 fully saturated rings. The van der Waals surface area contributed by atoms with Crippen molar-refractivity contribution in [1.82, 2.24) is 14.9 Å². The Bertz CT molecular complexity index is 706. The van der Waals surface area contributed by atoms with Gasteiger partial charge in [-0.2, -0.15) is 0 Å². The topological polar surface area (TPSA) is 49.0 Å². The Morgan fingerprint density at radius 1 is 1.35 bits per heavy atom. The number of aryl methyl sites for hydroxylation is 1. The van der Waals surface area contributed by atoms with Gasteiger partial charge < -0.3 is 9.88 Å². The quantitative estimate of drug-likeness (QED) is 0.920. The van der Waals surface area contributed by atoms with Crippen molar-refractivity contribution in [3.63, 3.8) is 0 Å². The number of nitrogens with one attached hydrogen (secondary N) is 1. The molecular weight excluding hydrogens is 310 g/mol. The first kappa shape index (κ1) is 16.1. The van der Waals surface area contributed by atoms with Crippen LogP contribution < -0.4 is 0 Å². The van der Waals surface area contributed by atoms with Gasteiger partial charge in [0.15, 0.2) is 0 Å². The lowest BCUT2D eigenvalue weighted by molar-refractivity contribution is -0.129. The zero-order valence-corrected chi connectivity index (χ0v) is 14.5. The zero-order valence-electron chi connectivity index (χ0n) is 13.8. The summed E-state index contributed by atoms with van der Waals surface area (Å²) in [5, 5.41) is 0.719. The molecule has 0 radical (unpaired) electrons. The van der Waals surface area contributed by atoms with E-state index in [1.54, 1.807) is 0 Å². The van der Waals surface area contributed by atoms with Crippen LogP contribution in [0.25, 0.3) is 11.3 Å². The highest BCUT2D eigenvalue weighted by molar-refractivity contribution is 6.30. The summed E-state index contributed by atoms with van der Waals surface area (Å²) >= 11 is 5.97. The van der Waals surface area contributed by atoms with Crippen LogP contribution in [0, 0.1) is 0 Å². The monoisotopic (exact) mass is 331 g/mol. The Balaban J connectivity index is 1.91. The molecule has 4 nitrogen and oxygen atoms in total. The van der Waals surface area contributed by atoms with Crippen LogP contribution in [0.1, 0.15) is 44.6 Å². The largest absolute Gasteiger partial charge is 0.345 e. The van der Waals surface area contributed by atoms with Gasteiger partial charge in [0.1, 0.15) is 5.82 Å². The minimum Gasteiger partial charge on any atom is -0.345 e. The molecule has 1 N–H and O–H groups in total. The Kier molecular flexibility index (Phi) is 4.44. The number of imidazole rings is 1. The molecule has 1 saturated heterocycles. The number of likely N-dealkylation sites (tertiary alicyclic amines) is 1. The third kappa shape index (κ3) is 3.13. The van der Waals surface area contributed by atoms with E-state index in [0.717, 1.165) is 40.8 Å². The Labute approximate surface area is 141 Å². The van der Waals surface area contributed by atoms with Crippen molar-refractivity contribution in [3.8, 4) is 11.3 Å². The van der Waals surface area contributed by atoms with Crippen LogP contribution >= 0.6 is 11.6 Å². The summed E-state index contributed by atoms with van der Waals surface area (Å²) in [5.74, 6) is 1.28. The van der Waals surface area contributed by atoms with E-state index in [2.05, 4.69) is 25.8 Å². The van der Waals surface area contributed by atoms with E-state index >= 15 is 0 Å². The van der Waals surface area contributed by atoms with E-state index in [0.29, 0.717) is 6.42 Å².